The van der Waals surface area contributed by atoms with Crippen molar-refractivity contribution in [2.24, 2.45) is 5.41 Å². The molecule has 0 heteroatoms. The van der Waals surface area contributed by atoms with Crippen LogP contribution >= 0.6 is 0 Å². The highest BCUT2D eigenvalue weighted by atomic mass is 14.3. The lowest BCUT2D eigenvalue weighted by Gasteiger charge is -2.32. The molecule has 0 radical (unpaired) electrons. The molecule has 1 aromatic rings. The summed E-state index contributed by atoms with van der Waals surface area (Å²) in [7, 11) is 0. The molecule has 1 aromatic carbocycles. The number of allylic oxidation sites excluding steroid dienone is 3. The molecule has 0 nitrogen and oxygen atoms in total. The van der Waals surface area contributed by atoms with Crippen molar-refractivity contribution in [2.75, 3.05) is 0 Å². The molecule has 0 aromatic heterocycles. The van der Waals surface area contributed by atoms with E-state index in [0.717, 1.165) is 0 Å². The molecule has 0 amide bonds. The summed E-state index contributed by atoms with van der Waals surface area (Å²) in [6.45, 7) is 9.32. The van der Waals surface area contributed by atoms with Crippen LogP contribution in [0.15, 0.2) is 41.5 Å². The summed E-state index contributed by atoms with van der Waals surface area (Å²) in [4.78, 5) is 0. The molecule has 2 rings (SSSR count). The zero-order valence-electron chi connectivity index (χ0n) is 14.2. The Morgan fingerprint density at radius 2 is 2.00 bits per heavy atom. The van der Waals surface area contributed by atoms with E-state index in [0.29, 0.717) is 5.41 Å². The topological polar surface area (TPSA) is 0 Å². The van der Waals surface area contributed by atoms with Gasteiger partial charge in [0.05, 0.1) is 0 Å². The van der Waals surface area contributed by atoms with Gasteiger partial charge in [0.2, 0.25) is 0 Å². The third-order valence-electron chi connectivity index (χ3n) is 4.75. The molecule has 0 unspecified atom stereocenters. The third kappa shape index (κ3) is 4.33. The first-order valence-electron chi connectivity index (χ1n) is 8.50. The summed E-state index contributed by atoms with van der Waals surface area (Å²) in [6.07, 6.45) is 12.3. The number of hydrogen-bond donors (Lipinski definition) is 0. The molecule has 0 N–H and O–H groups in total. The quantitative estimate of drug-likeness (QED) is 0.573. The van der Waals surface area contributed by atoms with Gasteiger partial charge in [-0.05, 0) is 61.1 Å². The molecule has 0 saturated carbocycles. The largest absolute Gasteiger partial charge is 0.0696 e. The summed E-state index contributed by atoms with van der Waals surface area (Å²) in [5.74, 6) is 0. The van der Waals surface area contributed by atoms with Crippen LogP contribution in [0.25, 0.3) is 6.08 Å². The van der Waals surface area contributed by atoms with Gasteiger partial charge in [-0.15, -0.1) is 0 Å². The van der Waals surface area contributed by atoms with E-state index in [9.17, 15) is 0 Å². The first-order chi connectivity index (χ1) is 10.0. The van der Waals surface area contributed by atoms with E-state index in [1.807, 2.05) is 0 Å². The van der Waals surface area contributed by atoms with E-state index in [4.69, 9.17) is 0 Å². The molecule has 0 saturated heterocycles. The number of rotatable bonds is 5. The van der Waals surface area contributed by atoms with Gasteiger partial charge in [0.1, 0.15) is 0 Å². The second kappa shape index (κ2) is 7.11. The van der Waals surface area contributed by atoms with Crippen molar-refractivity contribution < 1.29 is 0 Å². The number of hydrogen-bond acceptors (Lipinski definition) is 0. The Morgan fingerprint density at radius 3 is 2.71 bits per heavy atom. The highest BCUT2D eigenvalue weighted by Crippen LogP contribution is 2.40. The maximum absolute atomic E-state index is 2.38. The molecule has 0 atom stereocenters. The minimum absolute atomic E-state index is 0.332. The summed E-state index contributed by atoms with van der Waals surface area (Å²) < 4.78 is 0. The molecule has 0 bridgehead atoms. The number of benzene rings is 1. The van der Waals surface area contributed by atoms with Gasteiger partial charge in [-0.1, -0.05) is 69.2 Å². The van der Waals surface area contributed by atoms with Crippen molar-refractivity contribution in [3.63, 3.8) is 0 Å². The summed E-state index contributed by atoms with van der Waals surface area (Å²) in [5.41, 5.74) is 6.26. The highest BCUT2D eigenvalue weighted by molar-refractivity contribution is 5.55. The Morgan fingerprint density at radius 1 is 1.19 bits per heavy atom. The first kappa shape index (κ1) is 16.1. The van der Waals surface area contributed by atoms with Crippen molar-refractivity contribution in [3.05, 3.63) is 52.6 Å². The second-order valence-corrected chi connectivity index (χ2v) is 7.11. The van der Waals surface area contributed by atoms with E-state index >= 15 is 0 Å². The van der Waals surface area contributed by atoms with Gasteiger partial charge in [-0.25, -0.2) is 0 Å². The zero-order chi connectivity index (χ0) is 15.3. The Bertz CT molecular complexity index is 529. The standard InChI is InChI=1S/C21H30/c1-5-6-10-18-11-7-12-19(16-18)13-14-20-17(2)9-8-15-21(20,3)4/h7,11-14,16H,5-6,8-10,15H2,1-4H3/b14-13+. The molecular formula is C21H30. The van der Waals surface area contributed by atoms with Gasteiger partial charge in [0.25, 0.3) is 0 Å². The Kier molecular flexibility index (Phi) is 5.45. The molecule has 21 heavy (non-hydrogen) atoms. The van der Waals surface area contributed by atoms with Crippen LogP contribution in [0, 0.1) is 5.41 Å². The van der Waals surface area contributed by atoms with Gasteiger partial charge in [-0.3, -0.25) is 0 Å². The average Bonchev–Trinajstić information content (AvgIpc) is 2.44. The van der Waals surface area contributed by atoms with Gasteiger partial charge >= 0.3 is 0 Å². The van der Waals surface area contributed by atoms with Crippen molar-refractivity contribution in [3.8, 4) is 0 Å². The van der Waals surface area contributed by atoms with Crippen LogP contribution < -0.4 is 0 Å². The zero-order valence-corrected chi connectivity index (χ0v) is 14.2. The van der Waals surface area contributed by atoms with Crippen LogP contribution in [0.4, 0.5) is 0 Å². The van der Waals surface area contributed by atoms with Crippen LogP contribution in [0.1, 0.15) is 70.9 Å². The first-order valence-corrected chi connectivity index (χ1v) is 8.50. The fraction of sp³-hybridized carbons (Fsp3) is 0.524. The van der Waals surface area contributed by atoms with Crippen LogP contribution in [0.5, 0.6) is 0 Å². The SMILES string of the molecule is CCCCc1cccc(/C=C/C2=C(C)CCCC2(C)C)c1. The Hall–Kier alpha value is -1.30. The smallest absolute Gasteiger partial charge is 0.0104 e. The number of aryl methyl sites for hydroxylation is 1. The van der Waals surface area contributed by atoms with Crippen molar-refractivity contribution in [1.82, 2.24) is 0 Å². The van der Waals surface area contributed by atoms with E-state index in [1.54, 1.807) is 11.1 Å². The van der Waals surface area contributed by atoms with Gasteiger partial charge in [0.15, 0.2) is 0 Å². The van der Waals surface area contributed by atoms with Crippen LogP contribution in [-0.2, 0) is 6.42 Å². The molecule has 0 aliphatic heterocycles. The minimum Gasteiger partial charge on any atom is -0.0696 e. The molecule has 1 aliphatic carbocycles. The second-order valence-electron chi connectivity index (χ2n) is 7.11. The monoisotopic (exact) mass is 282 g/mol. The van der Waals surface area contributed by atoms with Gasteiger partial charge < -0.3 is 0 Å². The lowest BCUT2D eigenvalue weighted by molar-refractivity contribution is 0.377. The fourth-order valence-electron chi connectivity index (χ4n) is 3.42. The number of unbranched alkanes of at least 4 members (excludes halogenated alkanes) is 1. The molecule has 1 aliphatic rings. The molecular weight excluding hydrogens is 252 g/mol. The average molecular weight is 282 g/mol. The highest BCUT2D eigenvalue weighted by Gasteiger charge is 2.26. The molecule has 0 fully saturated rings. The Balaban J connectivity index is 2.17. The molecule has 0 spiro atoms. The normalized spacial score (nSPS) is 18.5. The predicted octanol–water partition coefficient (Wildman–Crippen LogP) is 6.57. The minimum atomic E-state index is 0.332. The molecule has 114 valence electrons. The van der Waals surface area contributed by atoms with Crippen molar-refractivity contribution in [1.29, 1.82) is 0 Å². The summed E-state index contributed by atoms with van der Waals surface area (Å²) in [6, 6.07) is 9.01. The summed E-state index contributed by atoms with van der Waals surface area (Å²) >= 11 is 0. The van der Waals surface area contributed by atoms with Gasteiger partial charge in [-0.2, -0.15) is 0 Å². The predicted molar refractivity (Wildman–Crippen MR) is 94.4 cm³/mol. The maximum atomic E-state index is 2.38. The van der Waals surface area contributed by atoms with Crippen LogP contribution in [0.3, 0.4) is 0 Å². The summed E-state index contributed by atoms with van der Waals surface area (Å²) in [5, 5.41) is 0. The van der Waals surface area contributed by atoms with E-state index in [-0.39, 0.29) is 0 Å². The lowest BCUT2D eigenvalue weighted by atomic mass is 9.72. The third-order valence-corrected chi connectivity index (χ3v) is 4.75. The lowest BCUT2D eigenvalue weighted by Crippen LogP contribution is -2.18. The van der Waals surface area contributed by atoms with E-state index in [2.05, 4.69) is 64.1 Å². The van der Waals surface area contributed by atoms with Crippen LogP contribution in [-0.4, -0.2) is 0 Å². The van der Waals surface area contributed by atoms with Crippen LogP contribution in [0.2, 0.25) is 0 Å². The fourth-order valence-corrected chi connectivity index (χ4v) is 3.42. The van der Waals surface area contributed by atoms with Crippen molar-refractivity contribution >= 4 is 6.08 Å². The molecule has 0 heterocycles. The maximum Gasteiger partial charge on any atom is -0.0104 e. The van der Waals surface area contributed by atoms with Gasteiger partial charge in [0, 0.05) is 0 Å². The van der Waals surface area contributed by atoms with Crippen molar-refractivity contribution in [2.45, 2.75) is 66.2 Å². The Labute approximate surface area is 131 Å². The van der Waals surface area contributed by atoms with E-state index < -0.39 is 0 Å². The van der Waals surface area contributed by atoms with E-state index in [1.165, 1.54) is 49.7 Å².